The van der Waals surface area contributed by atoms with E-state index < -0.39 is 0 Å². The highest BCUT2D eigenvalue weighted by molar-refractivity contribution is 5.78. The van der Waals surface area contributed by atoms with Crippen molar-refractivity contribution in [3.63, 3.8) is 0 Å². The van der Waals surface area contributed by atoms with Crippen LogP contribution in [0.1, 0.15) is 17.7 Å². The van der Waals surface area contributed by atoms with Crippen molar-refractivity contribution < 1.29 is 4.74 Å². The number of imidazole rings is 1. The van der Waals surface area contributed by atoms with Crippen molar-refractivity contribution in [3.05, 3.63) is 84.1 Å². The number of benzene rings is 2. The fraction of sp³-hybridized carbons (Fsp3) is 0.167. The SMILES string of the molecule is C1=C(c2ccc3[nH]c(-c4ccc(OCc5ccccc5)cc4)nc3n2)CCNC1. The molecule has 5 nitrogen and oxygen atoms in total. The van der Waals surface area contributed by atoms with Crippen LogP contribution in [0.5, 0.6) is 5.75 Å². The van der Waals surface area contributed by atoms with Crippen molar-refractivity contribution in [2.45, 2.75) is 13.0 Å². The number of pyridine rings is 1. The molecule has 5 rings (SSSR count). The molecule has 144 valence electrons. The van der Waals surface area contributed by atoms with Gasteiger partial charge in [0.15, 0.2) is 5.65 Å². The molecule has 1 aliphatic rings. The average molecular weight is 382 g/mol. The van der Waals surface area contributed by atoms with Crippen LogP contribution in [-0.4, -0.2) is 28.0 Å². The smallest absolute Gasteiger partial charge is 0.178 e. The van der Waals surface area contributed by atoms with Gasteiger partial charge in [0, 0.05) is 12.1 Å². The molecule has 0 atom stereocenters. The predicted octanol–water partition coefficient (Wildman–Crippen LogP) is 4.58. The first-order valence-corrected chi connectivity index (χ1v) is 9.89. The van der Waals surface area contributed by atoms with Crippen molar-refractivity contribution >= 4 is 16.7 Å². The predicted molar refractivity (Wildman–Crippen MR) is 116 cm³/mol. The van der Waals surface area contributed by atoms with Crippen molar-refractivity contribution in [3.8, 4) is 17.1 Å². The molecule has 0 bridgehead atoms. The highest BCUT2D eigenvalue weighted by atomic mass is 16.5. The van der Waals surface area contributed by atoms with Crippen molar-refractivity contribution in [2.24, 2.45) is 0 Å². The molecule has 2 aromatic heterocycles. The Balaban J connectivity index is 1.34. The van der Waals surface area contributed by atoms with E-state index in [9.17, 15) is 0 Å². The average Bonchev–Trinajstić information content (AvgIpc) is 3.23. The number of aromatic amines is 1. The van der Waals surface area contributed by atoms with Crippen LogP contribution in [0.25, 0.3) is 28.1 Å². The summed E-state index contributed by atoms with van der Waals surface area (Å²) in [5.74, 6) is 1.66. The second-order valence-corrected chi connectivity index (χ2v) is 7.14. The van der Waals surface area contributed by atoms with Gasteiger partial charge in [0.2, 0.25) is 0 Å². The van der Waals surface area contributed by atoms with E-state index in [1.54, 1.807) is 0 Å². The topological polar surface area (TPSA) is 62.8 Å². The lowest BCUT2D eigenvalue weighted by molar-refractivity contribution is 0.306. The molecular weight excluding hydrogens is 360 g/mol. The zero-order chi connectivity index (χ0) is 19.5. The quantitative estimate of drug-likeness (QED) is 0.530. The van der Waals surface area contributed by atoms with Crippen LogP contribution in [-0.2, 0) is 6.61 Å². The Morgan fingerprint density at radius 2 is 1.76 bits per heavy atom. The third-order valence-electron chi connectivity index (χ3n) is 5.11. The summed E-state index contributed by atoms with van der Waals surface area (Å²) in [6, 6.07) is 22.3. The second kappa shape index (κ2) is 7.89. The molecule has 0 saturated carbocycles. The fourth-order valence-corrected chi connectivity index (χ4v) is 3.51. The Hall–Kier alpha value is -3.44. The van der Waals surface area contributed by atoms with E-state index >= 15 is 0 Å². The van der Waals surface area contributed by atoms with Crippen LogP contribution in [0, 0.1) is 0 Å². The van der Waals surface area contributed by atoms with Gasteiger partial charge < -0.3 is 15.0 Å². The molecule has 0 amide bonds. The van der Waals surface area contributed by atoms with Crippen LogP contribution < -0.4 is 10.1 Å². The van der Waals surface area contributed by atoms with Crippen molar-refractivity contribution in [1.82, 2.24) is 20.3 Å². The van der Waals surface area contributed by atoms with Gasteiger partial charge >= 0.3 is 0 Å². The largest absolute Gasteiger partial charge is 0.489 e. The number of rotatable bonds is 5. The lowest BCUT2D eigenvalue weighted by Gasteiger charge is -2.12. The molecule has 4 aromatic rings. The number of nitrogens with one attached hydrogen (secondary N) is 2. The second-order valence-electron chi connectivity index (χ2n) is 7.14. The number of hydrogen-bond donors (Lipinski definition) is 2. The molecule has 0 spiro atoms. The van der Waals surface area contributed by atoms with Gasteiger partial charge in [0.25, 0.3) is 0 Å². The van der Waals surface area contributed by atoms with E-state index in [1.807, 2.05) is 42.5 Å². The van der Waals surface area contributed by atoms with Gasteiger partial charge in [-0.1, -0.05) is 36.4 Å². The molecular formula is C24H22N4O. The molecule has 0 unspecified atom stereocenters. The Morgan fingerprint density at radius 1 is 0.897 bits per heavy atom. The van der Waals surface area contributed by atoms with E-state index in [4.69, 9.17) is 14.7 Å². The van der Waals surface area contributed by atoms with Crippen LogP contribution in [0.3, 0.4) is 0 Å². The van der Waals surface area contributed by atoms with Crippen LogP contribution in [0.4, 0.5) is 0 Å². The van der Waals surface area contributed by atoms with E-state index in [0.29, 0.717) is 6.61 Å². The van der Waals surface area contributed by atoms with Gasteiger partial charge in [0.05, 0.1) is 11.2 Å². The van der Waals surface area contributed by atoms with Gasteiger partial charge in [-0.15, -0.1) is 0 Å². The molecule has 29 heavy (non-hydrogen) atoms. The Labute approximate surface area is 169 Å². The monoisotopic (exact) mass is 382 g/mol. The molecule has 0 aliphatic carbocycles. The first kappa shape index (κ1) is 17.6. The van der Waals surface area contributed by atoms with Crippen LogP contribution >= 0.6 is 0 Å². The van der Waals surface area contributed by atoms with Crippen LogP contribution in [0.15, 0.2) is 72.8 Å². The summed E-state index contributed by atoms with van der Waals surface area (Å²) in [5, 5.41) is 3.33. The van der Waals surface area contributed by atoms with Gasteiger partial charge in [-0.05, 0) is 60.5 Å². The molecule has 0 radical (unpaired) electrons. The van der Waals surface area contributed by atoms with Gasteiger partial charge in [-0.25, -0.2) is 9.97 Å². The maximum absolute atomic E-state index is 5.87. The zero-order valence-corrected chi connectivity index (χ0v) is 16.1. The minimum absolute atomic E-state index is 0.558. The third kappa shape index (κ3) is 3.91. The summed E-state index contributed by atoms with van der Waals surface area (Å²) in [6.07, 6.45) is 3.21. The first-order valence-electron chi connectivity index (χ1n) is 9.89. The molecule has 3 heterocycles. The highest BCUT2D eigenvalue weighted by Crippen LogP contribution is 2.25. The molecule has 0 saturated heterocycles. The van der Waals surface area contributed by atoms with E-state index in [1.165, 1.54) is 5.57 Å². The lowest BCUT2D eigenvalue weighted by atomic mass is 10.1. The molecule has 1 aliphatic heterocycles. The van der Waals surface area contributed by atoms with Gasteiger partial charge in [-0.2, -0.15) is 0 Å². The molecule has 2 aromatic carbocycles. The number of H-pyrrole nitrogens is 1. The molecule has 2 N–H and O–H groups in total. The molecule has 5 heteroatoms. The number of ether oxygens (including phenoxy) is 1. The fourth-order valence-electron chi connectivity index (χ4n) is 3.51. The number of hydrogen-bond acceptors (Lipinski definition) is 4. The maximum Gasteiger partial charge on any atom is 0.178 e. The first-order chi connectivity index (χ1) is 14.3. The summed E-state index contributed by atoms with van der Waals surface area (Å²) in [6.45, 7) is 2.46. The minimum Gasteiger partial charge on any atom is -0.489 e. The Morgan fingerprint density at radius 3 is 2.55 bits per heavy atom. The van der Waals surface area contributed by atoms with Crippen LogP contribution in [0.2, 0.25) is 0 Å². The van der Waals surface area contributed by atoms with Gasteiger partial charge in [-0.3, -0.25) is 0 Å². The number of nitrogens with zero attached hydrogens (tertiary/aromatic N) is 2. The molecule has 0 fully saturated rings. The highest BCUT2D eigenvalue weighted by Gasteiger charge is 2.11. The normalized spacial score (nSPS) is 14.0. The summed E-state index contributed by atoms with van der Waals surface area (Å²) < 4.78 is 5.87. The minimum atomic E-state index is 0.558. The number of aromatic nitrogens is 3. The third-order valence-corrected chi connectivity index (χ3v) is 5.11. The summed E-state index contributed by atoms with van der Waals surface area (Å²) in [5.41, 5.74) is 6.16. The van der Waals surface area contributed by atoms with E-state index in [0.717, 1.165) is 59.1 Å². The number of fused-ring (bicyclic) bond motifs is 1. The van der Waals surface area contributed by atoms with E-state index in [-0.39, 0.29) is 0 Å². The summed E-state index contributed by atoms with van der Waals surface area (Å²) in [4.78, 5) is 12.8. The van der Waals surface area contributed by atoms with Gasteiger partial charge in [0.1, 0.15) is 18.2 Å². The standard InChI is InChI=1S/C24H22N4O/c1-2-4-17(5-3-1)16-29-20-8-6-19(7-9-20)23-27-22-11-10-21(26-24(22)28-23)18-12-14-25-15-13-18/h1-12,25H,13-16H2,(H,26,27,28). The van der Waals surface area contributed by atoms with Crippen molar-refractivity contribution in [1.29, 1.82) is 0 Å². The summed E-state index contributed by atoms with van der Waals surface area (Å²) in [7, 11) is 0. The zero-order valence-electron chi connectivity index (χ0n) is 16.1. The van der Waals surface area contributed by atoms with E-state index in [2.05, 4.69) is 40.6 Å². The Kier molecular flexibility index (Phi) is 4.80. The summed E-state index contributed by atoms with van der Waals surface area (Å²) >= 11 is 0. The Bertz CT molecular complexity index is 1150. The van der Waals surface area contributed by atoms with Crippen molar-refractivity contribution in [2.75, 3.05) is 13.1 Å². The lowest BCUT2D eigenvalue weighted by Crippen LogP contribution is -2.20. The maximum atomic E-state index is 5.87.